The molecule has 0 bridgehead atoms. The minimum Gasteiger partial charge on any atom is -0.493 e. The molecule has 0 atom stereocenters. The molecular formula is C14H17FO5. The van der Waals surface area contributed by atoms with Gasteiger partial charge in [-0.2, -0.15) is 0 Å². The summed E-state index contributed by atoms with van der Waals surface area (Å²) in [5.74, 6) is -2.68. The average Bonchev–Trinajstić information content (AvgIpc) is 2.38. The van der Waals surface area contributed by atoms with E-state index >= 15 is 0 Å². The Morgan fingerprint density at radius 2 is 1.90 bits per heavy atom. The molecule has 1 rings (SSSR count). The van der Waals surface area contributed by atoms with Crippen molar-refractivity contribution in [2.45, 2.75) is 26.9 Å². The maximum Gasteiger partial charge on any atom is 0.379 e. The smallest absolute Gasteiger partial charge is 0.379 e. The summed E-state index contributed by atoms with van der Waals surface area (Å²) in [4.78, 5) is 23.1. The monoisotopic (exact) mass is 284 g/mol. The second-order valence-corrected chi connectivity index (χ2v) is 4.20. The Balaban J connectivity index is 3.16. The zero-order valence-electron chi connectivity index (χ0n) is 11.9. The van der Waals surface area contributed by atoms with Crippen LogP contribution in [-0.4, -0.2) is 31.6 Å². The maximum atomic E-state index is 13.9. The van der Waals surface area contributed by atoms with Gasteiger partial charge in [0.25, 0.3) is 5.78 Å². The predicted octanol–water partition coefficient (Wildman–Crippen LogP) is 2.37. The lowest BCUT2D eigenvalue weighted by atomic mass is 10.1. The third kappa shape index (κ3) is 3.69. The fraction of sp³-hybridized carbons (Fsp3) is 0.429. The fourth-order valence-electron chi connectivity index (χ4n) is 1.52. The van der Waals surface area contributed by atoms with Crippen LogP contribution in [0.5, 0.6) is 11.5 Å². The second-order valence-electron chi connectivity index (χ2n) is 4.20. The van der Waals surface area contributed by atoms with Crippen molar-refractivity contribution in [3.8, 4) is 11.5 Å². The first-order chi connectivity index (χ1) is 9.40. The molecule has 5 nitrogen and oxygen atoms in total. The summed E-state index contributed by atoms with van der Waals surface area (Å²) in [5.41, 5.74) is -0.406. The number of carbonyl (C=O) groups excluding carboxylic acids is 2. The molecule has 0 aliphatic heterocycles. The number of ketones is 1. The molecular weight excluding hydrogens is 267 g/mol. The van der Waals surface area contributed by atoms with Crippen molar-refractivity contribution in [1.29, 1.82) is 0 Å². The van der Waals surface area contributed by atoms with Crippen molar-refractivity contribution in [2.75, 3.05) is 13.7 Å². The molecule has 0 aliphatic carbocycles. The van der Waals surface area contributed by atoms with Crippen LogP contribution < -0.4 is 9.47 Å². The molecule has 20 heavy (non-hydrogen) atoms. The Kier molecular flexibility index (Phi) is 5.49. The number of hydrogen-bond acceptors (Lipinski definition) is 5. The lowest BCUT2D eigenvalue weighted by Crippen LogP contribution is -2.19. The van der Waals surface area contributed by atoms with Gasteiger partial charge in [-0.1, -0.05) is 0 Å². The zero-order valence-corrected chi connectivity index (χ0v) is 11.9. The SMILES string of the molecule is CCOC(=O)C(=O)c1cc(OC)c(OC(C)C)cc1F. The largest absolute Gasteiger partial charge is 0.493 e. The highest BCUT2D eigenvalue weighted by molar-refractivity contribution is 6.40. The number of carbonyl (C=O) groups is 2. The number of esters is 1. The first-order valence-corrected chi connectivity index (χ1v) is 6.16. The van der Waals surface area contributed by atoms with Gasteiger partial charge in [0.05, 0.1) is 25.4 Å². The van der Waals surface area contributed by atoms with Gasteiger partial charge in [0.1, 0.15) is 5.82 Å². The Hall–Kier alpha value is -2.11. The van der Waals surface area contributed by atoms with E-state index in [0.29, 0.717) is 0 Å². The van der Waals surface area contributed by atoms with Gasteiger partial charge < -0.3 is 14.2 Å². The number of rotatable bonds is 6. The number of benzene rings is 1. The summed E-state index contributed by atoms with van der Waals surface area (Å²) >= 11 is 0. The van der Waals surface area contributed by atoms with Crippen LogP contribution in [0.4, 0.5) is 4.39 Å². The number of Topliss-reactive ketones (excluding diaryl/α,β-unsaturated/α-hetero) is 1. The van der Waals surface area contributed by atoms with Crippen LogP contribution in [0.25, 0.3) is 0 Å². The number of halogens is 1. The lowest BCUT2D eigenvalue weighted by molar-refractivity contribution is -0.137. The van der Waals surface area contributed by atoms with Crippen LogP contribution in [0.3, 0.4) is 0 Å². The Labute approximate surface area is 116 Å². The minimum absolute atomic E-state index is 0.0396. The molecule has 0 aromatic heterocycles. The third-order valence-electron chi connectivity index (χ3n) is 2.32. The highest BCUT2D eigenvalue weighted by Gasteiger charge is 2.24. The van der Waals surface area contributed by atoms with Crippen LogP contribution in [0, 0.1) is 5.82 Å². The summed E-state index contributed by atoms with van der Waals surface area (Å²) < 4.78 is 28.9. The van der Waals surface area contributed by atoms with Crippen molar-refractivity contribution >= 4 is 11.8 Å². The summed E-state index contributed by atoms with van der Waals surface area (Å²) in [6.07, 6.45) is -0.185. The molecule has 0 N–H and O–H groups in total. The third-order valence-corrected chi connectivity index (χ3v) is 2.32. The zero-order chi connectivity index (χ0) is 15.3. The molecule has 0 aliphatic rings. The van der Waals surface area contributed by atoms with Crippen molar-refractivity contribution in [2.24, 2.45) is 0 Å². The average molecular weight is 284 g/mol. The van der Waals surface area contributed by atoms with Gasteiger partial charge >= 0.3 is 5.97 Å². The molecule has 1 aromatic carbocycles. The summed E-state index contributed by atoms with van der Waals surface area (Å²) in [5, 5.41) is 0. The van der Waals surface area contributed by atoms with Crippen LogP contribution in [0.2, 0.25) is 0 Å². The first kappa shape index (κ1) is 15.9. The Bertz CT molecular complexity index is 511. The normalized spacial score (nSPS) is 10.3. The number of methoxy groups -OCH3 is 1. The van der Waals surface area contributed by atoms with Gasteiger partial charge in [-0.15, -0.1) is 0 Å². The number of ether oxygens (including phenoxy) is 3. The van der Waals surface area contributed by atoms with Crippen molar-refractivity contribution in [3.05, 3.63) is 23.5 Å². The Morgan fingerprint density at radius 3 is 2.40 bits per heavy atom. The molecule has 1 aromatic rings. The van der Waals surface area contributed by atoms with E-state index in [1.807, 2.05) is 0 Å². The highest BCUT2D eigenvalue weighted by atomic mass is 19.1. The fourth-order valence-corrected chi connectivity index (χ4v) is 1.52. The summed E-state index contributed by atoms with van der Waals surface area (Å²) in [6, 6.07) is 2.15. The minimum atomic E-state index is -1.11. The van der Waals surface area contributed by atoms with Gasteiger partial charge in [-0.25, -0.2) is 9.18 Å². The molecule has 110 valence electrons. The molecule has 0 unspecified atom stereocenters. The van der Waals surface area contributed by atoms with E-state index < -0.39 is 23.1 Å². The van der Waals surface area contributed by atoms with E-state index in [4.69, 9.17) is 9.47 Å². The maximum absolute atomic E-state index is 13.9. The first-order valence-electron chi connectivity index (χ1n) is 6.16. The topological polar surface area (TPSA) is 61.8 Å². The molecule has 0 saturated carbocycles. The van der Waals surface area contributed by atoms with E-state index in [0.717, 1.165) is 12.1 Å². The van der Waals surface area contributed by atoms with Gasteiger partial charge in [0, 0.05) is 6.07 Å². The van der Waals surface area contributed by atoms with Gasteiger partial charge in [-0.3, -0.25) is 4.79 Å². The Morgan fingerprint density at radius 1 is 1.25 bits per heavy atom. The number of hydrogen-bond donors (Lipinski definition) is 0. The standard InChI is InChI=1S/C14H17FO5/c1-5-19-14(17)13(16)9-6-11(18-4)12(7-10(9)15)20-8(2)3/h6-8H,5H2,1-4H3. The van der Waals surface area contributed by atoms with E-state index in [-0.39, 0.29) is 24.2 Å². The second kappa shape index (κ2) is 6.88. The van der Waals surface area contributed by atoms with Gasteiger partial charge in [-0.05, 0) is 26.8 Å². The van der Waals surface area contributed by atoms with Crippen molar-refractivity contribution in [1.82, 2.24) is 0 Å². The molecule has 0 saturated heterocycles. The molecule has 0 heterocycles. The summed E-state index contributed by atoms with van der Waals surface area (Å²) in [7, 11) is 1.36. The molecule has 0 fully saturated rings. The van der Waals surface area contributed by atoms with Crippen molar-refractivity contribution in [3.63, 3.8) is 0 Å². The van der Waals surface area contributed by atoms with Crippen LogP contribution >= 0.6 is 0 Å². The summed E-state index contributed by atoms with van der Waals surface area (Å²) in [6.45, 7) is 5.14. The van der Waals surface area contributed by atoms with E-state index in [1.54, 1.807) is 20.8 Å². The van der Waals surface area contributed by atoms with E-state index in [9.17, 15) is 14.0 Å². The highest BCUT2D eigenvalue weighted by Crippen LogP contribution is 2.31. The van der Waals surface area contributed by atoms with Crippen LogP contribution in [-0.2, 0) is 9.53 Å². The van der Waals surface area contributed by atoms with Gasteiger partial charge in [0.2, 0.25) is 0 Å². The quantitative estimate of drug-likeness (QED) is 0.456. The molecule has 6 heteroatoms. The molecule has 0 amide bonds. The van der Waals surface area contributed by atoms with E-state index in [2.05, 4.69) is 4.74 Å². The predicted molar refractivity (Wildman–Crippen MR) is 69.7 cm³/mol. The molecule has 0 spiro atoms. The van der Waals surface area contributed by atoms with Gasteiger partial charge in [0.15, 0.2) is 11.5 Å². The van der Waals surface area contributed by atoms with Crippen LogP contribution in [0.15, 0.2) is 12.1 Å². The van der Waals surface area contributed by atoms with Crippen LogP contribution in [0.1, 0.15) is 31.1 Å². The molecule has 0 radical (unpaired) electrons. The van der Waals surface area contributed by atoms with Crippen molar-refractivity contribution < 1.29 is 28.2 Å². The lowest BCUT2D eigenvalue weighted by Gasteiger charge is -2.14. The van der Waals surface area contributed by atoms with E-state index in [1.165, 1.54) is 7.11 Å².